The van der Waals surface area contributed by atoms with E-state index in [0.717, 1.165) is 11.8 Å². The molecule has 0 spiro atoms. The van der Waals surface area contributed by atoms with Gasteiger partial charge in [0.05, 0.1) is 29.5 Å². The van der Waals surface area contributed by atoms with Gasteiger partial charge < -0.3 is 26.5 Å². The normalized spacial score (nSPS) is 14.8. The van der Waals surface area contributed by atoms with Crippen LogP contribution in [0.5, 0.6) is 0 Å². The molecule has 0 saturated carbocycles. The number of aliphatic hydroxyl groups is 1. The second-order valence-electron chi connectivity index (χ2n) is 9.21. The minimum atomic E-state index is -0.877. The summed E-state index contributed by atoms with van der Waals surface area (Å²) in [6.07, 6.45) is 5.67. The maximum atomic E-state index is 14.0. The molecule has 2 aromatic heterocycles. The van der Waals surface area contributed by atoms with Crippen molar-refractivity contribution in [3.05, 3.63) is 113 Å². The smallest absolute Gasteiger partial charge is 0.248 e. The van der Waals surface area contributed by atoms with Gasteiger partial charge in [-0.05, 0) is 60.0 Å². The van der Waals surface area contributed by atoms with Gasteiger partial charge in [-0.15, -0.1) is 0 Å². The number of aromatic nitrogens is 2. The number of rotatable bonds is 8. The van der Waals surface area contributed by atoms with Crippen LogP contribution in [-0.2, 0) is 17.6 Å². The number of nitrogens with one attached hydrogen (secondary N) is 3. The maximum Gasteiger partial charge on any atom is 0.248 e. The summed E-state index contributed by atoms with van der Waals surface area (Å²) in [6, 6.07) is 12.6. The first kappa shape index (κ1) is 25.8. The molecule has 1 unspecified atom stereocenters. The molecule has 0 fully saturated rings. The first-order valence-electron chi connectivity index (χ1n) is 12.2. The van der Waals surface area contributed by atoms with Crippen molar-refractivity contribution in [2.45, 2.75) is 25.1 Å². The molecule has 2 amide bonds. The summed E-state index contributed by atoms with van der Waals surface area (Å²) in [5.74, 6) is -2.43. The molecule has 1 aliphatic rings. The molecular weight excluding hydrogens is 504 g/mol. The van der Waals surface area contributed by atoms with Gasteiger partial charge in [0.1, 0.15) is 17.9 Å². The number of amides is 2. The molecule has 2 aromatic carbocycles. The van der Waals surface area contributed by atoms with E-state index in [1.165, 1.54) is 12.1 Å². The lowest BCUT2D eigenvalue weighted by molar-refractivity contribution is -0.121. The van der Waals surface area contributed by atoms with Crippen LogP contribution in [0.1, 0.15) is 38.9 Å². The van der Waals surface area contributed by atoms with Crippen molar-refractivity contribution >= 4 is 23.6 Å². The third-order valence-corrected chi connectivity index (χ3v) is 6.40. The molecule has 4 aromatic rings. The average Bonchev–Trinajstić information content (AvgIpc) is 3.29. The van der Waals surface area contributed by atoms with Gasteiger partial charge in [-0.1, -0.05) is 18.2 Å². The van der Waals surface area contributed by atoms with Crippen LogP contribution < -0.4 is 16.4 Å². The van der Waals surface area contributed by atoms with Crippen LogP contribution in [0, 0.1) is 11.6 Å². The predicted molar refractivity (Wildman–Crippen MR) is 142 cm³/mol. The summed E-state index contributed by atoms with van der Waals surface area (Å²) >= 11 is 0. The summed E-state index contributed by atoms with van der Waals surface area (Å²) in [5.41, 5.74) is 9.79. The van der Waals surface area contributed by atoms with Crippen LogP contribution in [0.25, 0.3) is 17.2 Å². The van der Waals surface area contributed by atoms with Crippen LogP contribution in [0.2, 0.25) is 0 Å². The number of anilines is 1. The van der Waals surface area contributed by atoms with Crippen LogP contribution in [0.3, 0.4) is 0 Å². The Morgan fingerprint density at radius 2 is 1.90 bits per heavy atom. The van der Waals surface area contributed by atoms with Crippen LogP contribution >= 0.6 is 0 Å². The Labute approximate surface area is 222 Å². The van der Waals surface area contributed by atoms with Gasteiger partial charge in [-0.25, -0.2) is 8.78 Å². The number of benzene rings is 2. The molecule has 8 nitrogen and oxygen atoms in total. The lowest BCUT2D eigenvalue weighted by Gasteiger charge is -2.22. The molecule has 0 aliphatic carbocycles. The third-order valence-electron chi connectivity index (χ3n) is 6.40. The predicted octanol–water partition coefficient (Wildman–Crippen LogP) is 3.85. The number of hydrogen-bond acceptors (Lipinski definition) is 5. The largest absolute Gasteiger partial charge is 0.370 e. The van der Waals surface area contributed by atoms with Crippen molar-refractivity contribution in [2.24, 2.45) is 5.73 Å². The summed E-state index contributed by atoms with van der Waals surface area (Å²) < 4.78 is 28.1. The van der Waals surface area contributed by atoms with Crippen molar-refractivity contribution < 1.29 is 23.5 Å². The average molecular weight is 530 g/mol. The van der Waals surface area contributed by atoms with Gasteiger partial charge in [-0.3, -0.25) is 14.6 Å². The van der Waals surface area contributed by atoms with Gasteiger partial charge in [0.2, 0.25) is 11.8 Å². The number of hydrogen-bond donors (Lipinski definition) is 5. The number of halogens is 2. The number of pyridine rings is 1. The summed E-state index contributed by atoms with van der Waals surface area (Å²) in [5, 5.41) is 15.8. The highest BCUT2D eigenvalue weighted by Gasteiger charge is 2.24. The van der Waals surface area contributed by atoms with Gasteiger partial charge in [0.25, 0.3) is 0 Å². The number of nitrogens with two attached hydrogens (primary N) is 1. The number of aliphatic hydroxyl groups excluding tert-OH is 1. The molecule has 0 radical (unpaired) electrons. The van der Waals surface area contributed by atoms with E-state index in [2.05, 4.69) is 20.6 Å². The Morgan fingerprint density at radius 3 is 2.67 bits per heavy atom. The van der Waals surface area contributed by atoms with E-state index in [0.29, 0.717) is 39.2 Å². The van der Waals surface area contributed by atoms with E-state index in [-0.39, 0.29) is 18.7 Å². The van der Waals surface area contributed by atoms with Crippen molar-refractivity contribution in [1.29, 1.82) is 0 Å². The Hall–Kier alpha value is -4.83. The summed E-state index contributed by atoms with van der Waals surface area (Å²) in [7, 11) is 0. The topological polar surface area (TPSA) is 133 Å². The molecule has 10 heteroatoms. The van der Waals surface area contributed by atoms with E-state index in [1.807, 2.05) is 0 Å². The molecule has 5 rings (SSSR count). The van der Waals surface area contributed by atoms with Crippen molar-refractivity contribution in [3.63, 3.8) is 0 Å². The first-order chi connectivity index (χ1) is 18.8. The molecule has 6 N–H and O–H groups in total. The Morgan fingerprint density at radius 1 is 1.10 bits per heavy atom. The van der Waals surface area contributed by atoms with Crippen LogP contribution in [0.4, 0.5) is 14.5 Å². The number of H-pyrrole nitrogens is 1. The van der Waals surface area contributed by atoms with Crippen LogP contribution in [0.15, 0.2) is 73.1 Å². The molecule has 39 heavy (non-hydrogen) atoms. The number of fused-ring (bicyclic) bond motifs is 1. The fourth-order valence-corrected chi connectivity index (χ4v) is 4.69. The van der Waals surface area contributed by atoms with Crippen molar-refractivity contribution in [3.8, 4) is 11.1 Å². The fraction of sp³-hybridized carbons (Fsp3) is 0.138. The SMILES string of the molecule is NC(=O)c1cccc(-c2cccnc2[C@H](Cc2cc(F)cc(F)c2)NC(=O)Cc2c[nH]c3c2NC(O)C=C3)c1. The van der Waals surface area contributed by atoms with Crippen molar-refractivity contribution in [1.82, 2.24) is 15.3 Å². The highest BCUT2D eigenvalue weighted by molar-refractivity contribution is 5.94. The lowest BCUT2D eigenvalue weighted by Crippen LogP contribution is -2.32. The number of primary amides is 1. The van der Waals surface area contributed by atoms with E-state index in [9.17, 15) is 23.5 Å². The number of carbonyl (C=O) groups is 2. The highest BCUT2D eigenvalue weighted by atomic mass is 19.1. The summed E-state index contributed by atoms with van der Waals surface area (Å²) in [4.78, 5) is 32.7. The minimum absolute atomic E-state index is 0.0350. The van der Waals surface area contributed by atoms with Gasteiger partial charge in [-0.2, -0.15) is 0 Å². The van der Waals surface area contributed by atoms with Gasteiger partial charge in [0.15, 0.2) is 0 Å². The fourth-order valence-electron chi connectivity index (χ4n) is 4.69. The van der Waals surface area contributed by atoms with E-state index in [1.54, 1.807) is 60.9 Å². The first-order valence-corrected chi connectivity index (χ1v) is 12.2. The summed E-state index contributed by atoms with van der Waals surface area (Å²) in [6.45, 7) is 0. The molecular formula is C29H25F2N5O3. The molecule has 198 valence electrons. The number of aromatic amines is 1. The van der Waals surface area contributed by atoms with Gasteiger partial charge >= 0.3 is 0 Å². The Bertz CT molecular complexity index is 1560. The van der Waals surface area contributed by atoms with E-state index < -0.39 is 29.8 Å². The highest BCUT2D eigenvalue weighted by Crippen LogP contribution is 2.31. The quantitative estimate of drug-likeness (QED) is 0.237. The van der Waals surface area contributed by atoms with Gasteiger partial charge in [0, 0.05) is 35.2 Å². The minimum Gasteiger partial charge on any atom is -0.370 e. The second-order valence-corrected chi connectivity index (χ2v) is 9.21. The van der Waals surface area contributed by atoms with Crippen molar-refractivity contribution in [2.75, 3.05) is 5.32 Å². The van der Waals surface area contributed by atoms with E-state index in [4.69, 9.17) is 5.73 Å². The Kier molecular flexibility index (Phi) is 7.20. The molecule has 0 saturated heterocycles. The second kappa shape index (κ2) is 10.9. The van der Waals surface area contributed by atoms with E-state index >= 15 is 0 Å². The lowest BCUT2D eigenvalue weighted by atomic mass is 9.94. The zero-order chi connectivity index (χ0) is 27.5. The molecule has 1 aliphatic heterocycles. The monoisotopic (exact) mass is 529 g/mol. The number of carbonyl (C=O) groups excluding carboxylic acids is 2. The Balaban J connectivity index is 1.49. The standard InChI is InChI=1S/C29H25F2N5O3/c30-20-9-16(10-21(31)14-20)11-24(35-26(38)13-19-15-34-23-6-7-25(37)36-27(19)23)28-22(5-2-8-33-28)17-3-1-4-18(12-17)29(32)39/h1-10,12,14-15,24-25,34,36-37H,11,13H2,(H2,32,39)(H,35,38)/t24-,25?/m0/s1. The number of nitrogens with zero attached hydrogens (tertiary/aromatic N) is 1. The zero-order valence-electron chi connectivity index (χ0n) is 20.6. The third kappa shape index (κ3) is 5.86. The van der Waals surface area contributed by atoms with Crippen LogP contribution in [-0.4, -0.2) is 33.1 Å². The maximum absolute atomic E-state index is 14.0. The zero-order valence-corrected chi connectivity index (χ0v) is 20.6. The molecule has 3 heterocycles. The molecule has 0 bridgehead atoms. The molecule has 2 atom stereocenters.